The van der Waals surface area contributed by atoms with E-state index in [0.29, 0.717) is 0 Å². The summed E-state index contributed by atoms with van der Waals surface area (Å²) in [6, 6.07) is 0. The number of hydrogen-bond acceptors (Lipinski definition) is 2. The highest BCUT2D eigenvalue weighted by Crippen LogP contribution is 2.36. The molecule has 0 rings (SSSR count). The van der Waals surface area contributed by atoms with Crippen molar-refractivity contribution in [2.24, 2.45) is 16.7 Å². The smallest absolute Gasteiger partial charge is 0.232 e. The van der Waals surface area contributed by atoms with Crippen molar-refractivity contribution in [3.8, 4) is 0 Å². The van der Waals surface area contributed by atoms with Crippen LogP contribution in [-0.2, 0) is 10.0 Å². The first-order chi connectivity index (χ1) is 7.37. The average molecular weight is 261 g/mol. The molecule has 1 atom stereocenters. The fourth-order valence-electron chi connectivity index (χ4n) is 1.79. The monoisotopic (exact) mass is 261 g/mol. The Morgan fingerprint density at radius 1 is 1.18 bits per heavy atom. The molecule has 0 saturated heterocycles. The van der Waals surface area contributed by atoms with Crippen LogP contribution in [0.2, 0.25) is 0 Å². The first-order valence-corrected chi connectivity index (χ1v) is 7.63. The molecule has 0 fully saturated rings. The molecular weight excluding hydrogens is 234 g/mol. The van der Waals surface area contributed by atoms with Crippen molar-refractivity contribution >= 4 is 10.0 Å². The first kappa shape index (κ1) is 16.5. The van der Waals surface area contributed by atoms with Crippen molar-refractivity contribution in [1.82, 2.24) is 4.72 Å². The summed E-state index contributed by atoms with van der Waals surface area (Å²) in [6.07, 6.45) is 2.11. The van der Waals surface area contributed by atoms with Gasteiger partial charge in [0.1, 0.15) is 0 Å². The summed E-state index contributed by atoms with van der Waals surface area (Å²) in [5, 5.41) is 0. The van der Waals surface area contributed by atoms with Gasteiger partial charge in [-0.2, -0.15) is 0 Å². The van der Waals surface area contributed by atoms with Crippen molar-refractivity contribution in [3.05, 3.63) is 12.8 Å². The molecule has 0 amide bonds. The molecule has 0 aromatic carbocycles. The second kappa shape index (κ2) is 5.42. The molecule has 0 bridgehead atoms. The summed E-state index contributed by atoms with van der Waals surface area (Å²) in [6.45, 7) is 16.1. The topological polar surface area (TPSA) is 46.2 Å². The minimum Gasteiger partial charge on any atom is -0.291 e. The zero-order chi connectivity index (χ0) is 13.9. The number of rotatable bonds is 5. The summed E-state index contributed by atoms with van der Waals surface area (Å²) in [4.78, 5) is 0. The van der Waals surface area contributed by atoms with Gasteiger partial charge in [-0.25, -0.2) is 8.42 Å². The Labute approximate surface area is 107 Å². The largest absolute Gasteiger partial charge is 0.291 e. The number of sulfonamides is 1. The standard InChI is InChI=1S/C13H27NO2S/c1-8-14-17(15,16)10-11(13(5,6)7)9-12(2,3)4/h8,11,14H,1,9-10H2,2-7H3. The van der Waals surface area contributed by atoms with Gasteiger partial charge in [0.25, 0.3) is 0 Å². The molecule has 102 valence electrons. The Kier molecular flexibility index (Phi) is 5.26. The lowest BCUT2D eigenvalue weighted by molar-refractivity contribution is 0.184. The quantitative estimate of drug-likeness (QED) is 0.826. The third kappa shape index (κ3) is 7.42. The van der Waals surface area contributed by atoms with Gasteiger partial charge in [0.15, 0.2) is 0 Å². The van der Waals surface area contributed by atoms with E-state index in [1.54, 1.807) is 0 Å². The highest BCUT2D eigenvalue weighted by atomic mass is 32.2. The van der Waals surface area contributed by atoms with E-state index in [1.807, 2.05) is 0 Å². The van der Waals surface area contributed by atoms with Gasteiger partial charge in [-0.15, -0.1) is 0 Å². The van der Waals surface area contributed by atoms with Gasteiger partial charge in [0.05, 0.1) is 5.75 Å². The molecule has 4 heteroatoms. The van der Waals surface area contributed by atoms with Crippen molar-refractivity contribution in [2.45, 2.75) is 48.0 Å². The Hall–Kier alpha value is -0.510. The first-order valence-electron chi connectivity index (χ1n) is 5.98. The Balaban J connectivity index is 4.92. The van der Waals surface area contributed by atoms with Crippen molar-refractivity contribution in [3.63, 3.8) is 0 Å². The molecule has 0 aliphatic heterocycles. The van der Waals surface area contributed by atoms with Gasteiger partial charge in [0.2, 0.25) is 10.0 Å². The van der Waals surface area contributed by atoms with Gasteiger partial charge in [0, 0.05) is 6.20 Å². The van der Waals surface area contributed by atoms with Crippen LogP contribution in [0.5, 0.6) is 0 Å². The van der Waals surface area contributed by atoms with E-state index < -0.39 is 10.0 Å². The van der Waals surface area contributed by atoms with Crippen molar-refractivity contribution in [1.29, 1.82) is 0 Å². The average Bonchev–Trinajstić information content (AvgIpc) is 1.97. The molecule has 0 aromatic rings. The molecule has 0 radical (unpaired) electrons. The van der Waals surface area contributed by atoms with E-state index in [9.17, 15) is 8.42 Å². The lowest BCUT2D eigenvalue weighted by Crippen LogP contribution is -2.35. The van der Waals surface area contributed by atoms with E-state index in [1.165, 1.54) is 6.20 Å². The van der Waals surface area contributed by atoms with E-state index >= 15 is 0 Å². The highest BCUT2D eigenvalue weighted by molar-refractivity contribution is 7.89. The molecule has 0 saturated carbocycles. The molecule has 3 nitrogen and oxygen atoms in total. The minimum absolute atomic E-state index is 0.0246. The van der Waals surface area contributed by atoms with Crippen LogP contribution in [0.3, 0.4) is 0 Å². The van der Waals surface area contributed by atoms with Crippen LogP contribution >= 0.6 is 0 Å². The van der Waals surface area contributed by atoms with Crippen LogP contribution in [0, 0.1) is 16.7 Å². The van der Waals surface area contributed by atoms with Crippen molar-refractivity contribution in [2.75, 3.05) is 5.75 Å². The zero-order valence-electron chi connectivity index (χ0n) is 12.0. The van der Waals surface area contributed by atoms with Gasteiger partial charge in [-0.05, 0) is 23.2 Å². The van der Waals surface area contributed by atoms with Crippen LogP contribution in [0.1, 0.15) is 48.0 Å². The fourth-order valence-corrected chi connectivity index (χ4v) is 3.29. The van der Waals surface area contributed by atoms with Crippen LogP contribution in [0.25, 0.3) is 0 Å². The third-order valence-corrected chi connectivity index (χ3v) is 4.13. The third-order valence-electron chi connectivity index (χ3n) is 2.77. The summed E-state index contributed by atoms with van der Waals surface area (Å²) in [5.74, 6) is 0.278. The van der Waals surface area contributed by atoms with E-state index in [-0.39, 0.29) is 22.5 Å². The van der Waals surface area contributed by atoms with E-state index in [4.69, 9.17) is 0 Å². The van der Waals surface area contributed by atoms with Gasteiger partial charge >= 0.3 is 0 Å². The van der Waals surface area contributed by atoms with Gasteiger partial charge in [-0.1, -0.05) is 48.1 Å². The number of nitrogens with one attached hydrogen (secondary N) is 1. The predicted octanol–water partition coefficient (Wildman–Crippen LogP) is 3.15. The van der Waals surface area contributed by atoms with Crippen LogP contribution < -0.4 is 4.72 Å². The van der Waals surface area contributed by atoms with Crippen LogP contribution in [0.15, 0.2) is 12.8 Å². The predicted molar refractivity (Wildman–Crippen MR) is 74.1 cm³/mol. The Bertz CT molecular complexity index is 345. The maximum atomic E-state index is 11.8. The summed E-state index contributed by atoms with van der Waals surface area (Å²) in [5.41, 5.74) is 0.102. The molecular formula is C13H27NO2S. The maximum absolute atomic E-state index is 11.8. The summed E-state index contributed by atoms with van der Waals surface area (Å²) >= 11 is 0. The molecule has 17 heavy (non-hydrogen) atoms. The lowest BCUT2D eigenvalue weighted by atomic mass is 9.73. The van der Waals surface area contributed by atoms with Crippen LogP contribution in [-0.4, -0.2) is 14.2 Å². The molecule has 0 aromatic heterocycles. The van der Waals surface area contributed by atoms with Gasteiger partial charge < -0.3 is 0 Å². The fraction of sp³-hybridized carbons (Fsp3) is 0.846. The molecule has 1 N–H and O–H groups in total. The van der Waals surface area contributed by atoms with Gasteiger partial charge in [-0.3, -0.25) is 4.72 Å². The van der Waals surface area contributed by atoms with Crippen LogP contribution in [0.4, 0.5) is 0 Å². The SMILES string of the molecule is C=CNS(=O)(=O)CC(CC(C)(C)C)C(C)(C)C. The molecule has 1 unspecified atom stereocenters. The second-order valence-electron chi connectivity index (χ2n) is 6.93. The summed E-state index contributed by atoms with van der Waals surface area (Å²) < 4.78 is 25.9. The Morgan fingerprint density at radius 2 is 1.65 bits per heavy atom. The summed E-state index contributed by atoms with van der Waals surface area (Å²) in [7, 11) is -3.25. The van der Waals surface area contributed by atoms with E-state index in [2.05, 4.69) is 52.8 Å². The minimum atomic E-state index is -3.25. The molecule has 0 aliphatic carbocycles. The second-order valence-corrected chi connectivity index (χ2v) is 8.73. The highest BCUT2D eigenvalue weighted by Gasteiger charge is 2.32. The molecule has 0 spiro atoms. The Morgan fingerprint density at radius 3 is 1.94 bits per heavy atom. The molecule has 0 aliphatic rings. The molecule has 0 heterocycles. The normalized spacial score (nSPS) is 15.4. The lowest BCUT2D eigenvalue weighted by Gasteiger charge is -2.35. The van der Waals surface area contributed by atoms with E-state index in [0.717, 1.165) is 6.42 Å². The zero-order valence-corrected chi connectivity index (χ0v) is 12.8. The van der Waals surface area contributed by atoms with Crippen molar-refractivity contribution < 1.29 is 8.42 Å². The number of hydrogen-bond donors (Lipinski definition) is 1. The maximum Gasteiger partial charge on any atom is 0.232 e.